The van der Waals surface area contributed by atoms with Crippen molar-refractivity contribution in [2.24, 2.45) is 0 Å². The third kappa shape index (κ3) is 4.12. The lowest BCUT2D eigenvalue weighted by atomic mass is 9.91. The summed E-state index contributed by atoms with van der Waals surface area (Å²) in [5.74, 6) is 1.63. The lowest BCUT2D eigenvalue weighted by Gasteiger charge is -2.29. The fourth-order valence-corrected chi connectivity index (χ4v) is 4.28. The first-order valence-corrected chi connectivity index (χ1v) is 10.5. The highest BCUT2D eigenvalue weighted by Crippen LogP contribution is 2.29. The van der Waals surface area contributed by atoms with Crippen molar-refractivity contribution < 1.29 is 4.74 Å². The highest BCUT2D eigenvalue weighted by atomic mass is 16.5. The third-order valence-corrected chi connectivity index (χ3v) is 6.00. The third-order valence-electron chi connectivity index (χ3n) is 6.00. The van der Waals surface area contributed by atoms with Crippen molar-refractivity contribution in [3.8, 4) is 0 Å². The average molecular weight is 390 g/mol. The molecular formula is C23H27N5O. The lowest BCUT2D eigenvalue weighted by Crippen LogP contribution is -2.36. The number of aryl methyl sites for hydroxylation is 1. The first-order chi connectivity index (χ1) is 14.3. The summed E-state index contributed by atoms with van der Waals surface area (Å²) in [5.41, 5.74) is 5.13. The molecule has 0 spiro atoms. The van der Waals surface area contributed by atoms with Gasteiger partial charge in [-0.15, -0.1) is 10.2 Å². The molecular weight excluding hydrogens is 362 g/mol. The largest absolute Gasteiger partial charge is 0.381 e. The summed E-state index contributed by atoms with van der Waals surface area (Å²) < 4.78 is 7.62. The quantitative estimate of drug-likeness (QED) is 0.724. The SMILES string of the molecule is c1cc(NCc2ccc(N3CCOCC3)cc2)cc([C@@H]2CCc3nncn3C2)c1. The minimum absolute atomic E-state index is 0.521. The van der Waals surface area contributed by atoms with Gasteiger partial charge in [-0.25, -0.2) is 0 Å². The molecule has 2 aromatic carbocycles. The Balaban J connectivity index is 1.21. The van der Waals surface area contributed by atoms with E-state index in [0.717, 1.165) is 58.1 Å². The number of fused-ring (bicyclic) bond motifs is 1. The topological polar surface area (TPSA) is 55.2 Å². The maximum absolute atomic E-state index is 5.44. The van der Waals surface area contributed by atoms with Crippen LogP contribution in [0.3, 0.4) is 0 Å². The summed E-state index contributed by atoms with van der Waals surface area (Å²) in [6, 6.07) is 17.7. The van der Waals surface area contributed by atoms with Crippen molar-refractivity contribution in [3.63, 3.8) is 0 Å². The highest BCUT2D eigenvalue weighted by Gasteiger charge is 2.21. The smallest absolute Gasteiger partial charge is 0.132 e. The molecule has 1 saturated heterocycles. The maximum atomic E-state index is 5.44. The van der Waals surface area contributed by atoms with E-state index in [4.69, 9.17) is 4.74 Å². The molecule has 5 rings (SSSR count). The molecule has 2 aliphatic rings. The maximum Gasteiger partial charge on any atom is 0.132 e. The van der Waals surface area contributed by atoms with Gasteiger partial charge in [0.05, 0.1) is 13.2 Å². The van der Waals surface area contributed by atoms with Gasteiger partial charge in [0.1, 0.15) is 12.2 Å². The number of ether oxygens (including phenoxy) is 1. The highest BCUT2D eigenvalue weighted by molar-refractivity contribution is 5.50. The number of hydrogen-bond acceptors (Lipinski definition) is 5. The van der Waals surface area contributed by atoms with E-state index in [1.807, 2.05) is 6.33 Å². The second-order valence-corrected chi connectivity index (χ2v) is 7.88. The fraction of sp³-hybridized carbons (Fsp3) is 0.391. The zero-order valence-corrected chi connectivity index (χ0v) is 16.6. The number of morpholine rings is 1. The van der Waals surface area contributed by atoms with Gasteiger partial charge >= 0.3 is 0 Å². The van der Waals surface area contributed by atoms with E-state index in [9.17, 15) is 0 Å². The van der Waals surface area contributed by atoms with Crippen molar-refractivity contribution >= 4 is 11.4 Å². The molecule has 1 aromatic heterocycles. The molecule has 1 atom stereocenters. The predicted molar refractivity (Wildman–Crippen MR) is 114 cm³/mol. The van der Waals surface area contributed by atoms with Gasteiger partial charge in [0.2, 0.25) is 0 Å². The number of nitrogens with zero attached hydrogens (tertiary/aromatic N) is 4. The minimum Gasteiger partial charge on any atom is -0.381 e. The van der Waals surface area contributed by atoms with E-state index in [1.54, 1.807) is 0 Å². The number of aromatic nitrogens is 3. The van der Waals surface area contributed by atoms with Crippen LogP contribution in [0.4, 0.5) is 11.4 Å². The zero-order valence-electron chi connectivity index (χ0n) is 16.6. The summed E-state index contributed by atoms with van der Waals surface area (Å²) in [5, 5.41) is 11.8. The van der Waals surface area contributed by atoms with Crippen LogP contribution in [0.25, 0.3) is 0 Å². The van der Waals surface area contributed by atoms with Gasteiger partial charge in [0, 0.05) is 49.9 Å². The predicted octanol–water partition coefficient (Wildman–Crippen LogP) is 3.46. The zero-order chi connectivity index (χ0) is 19.5. The molecule has 0 saturated carbocycles. The summed E-state index contributed by atoms with van der Waals surface area (Å²) in [6.07, 6.45) is 3.98. The normalized spacial score (nSPS) is 19.0. The monoisotopic (exact) mass is 389 g/mol. The van der Waals surface area contributed by atoms with Gasteiger partial charge in [-0.1, -0.05) is 24.3 Å². The van der Waals surface area contributed by atoms with Crippen molar-refractivity contribution in [2.45, 2.75) is 31.8 Å². The van der Waals surface area contributed by atoms with Gasteiger partial charge < -0.3 is 19.5 Å². The van der Waals surface area contributed by atoms with Crippen LogP contribution in [0.15, 0.2) is 54.9 Å². The Hall–Kier alpha value is -2.86. The molecule has 0 radical (unpaired) electrons. The molecule has 0 bridgehead atoms. The number of rotatable bonds is 5. The molecule has 6 nitrogen and oxygen atoms in total. The summed E-state index contributed by atoms with van der Waals surface area (Å²) in [4.78, 5) is 2.38. The molecule has 6 heteroatoms. The second-order valence-electron chi connectivity index (χ2n) is 7.88. The summed E-state index contributed by atoms with van der Waals surface area (Å²) in [7, 11) is 0. The molecule has 29 heavy (non-hydrogen) atoms. The van der Waals surface area contributed by atoms with Crippen molar-refractivity contribution in [1.29, 1.82) is 0 Å². The Labute approximate surface area is 171 Å². The standard InChI is InChI=1S/C23H27N5O/c1-2-19(20-6-9-23-26-25-17-28(23)16-20)14-21(3-1)24-15-18-4-7-22(8-5-18)27-10-12-29-13-11-27/h1-5,7-8,14,17,20,24H,6,9-13,15-16H2/t20-/m1/s1. The van der Waals surface area contributed by atoms with Gasteiger partial charge in [0.15, 0.2) is 0 Å². The Bertz CT molecular complexity index is 946. The first-order valence-electron chi connectivity index (χ1n) is 10.5. The molecule has 1 N–H and O–H groups in total. The number of hydrogen-bond donors (Lipinski definition) is 1. The molecule has 2 aliphatic heterocycles. The van der Waals surface area contributed by atoms with Crippen LogP contribution >= 0.6 is 0 Å². The van der Waals surface area contributed by atoms with E-state index in [2.05, 4.69) is 73.5 Å². The number of anilines is 2. The Morgan fingerprint density at radius 3 is 2.79 bits per heavy atom. The van der Waals surface area contributed by atoms with Crippen molar-refractivity contribution in [2.75, 3.05) is 36.5 Å². The Kier molecular flexibility index (Phi) is 5.17. The molecule has 3 heterocycles. The molecule has 0 unspecified atom stereocenters. The number of benzene rings is 2. The van der Waals surface area contributed by atoms with Gasteiger partial charge in [-0.2, -0.15) is 0 Å². The van der Waals surface area contributed by atoms with E-state index in [-0.39, 0.29) is 0 Å². The average Bonchev–Trinajstić information content (AvgIpc) is 3.27. The van der Waals surface area contributed by atoms with Crippen LogP contribution in [0.2, 0.25) is 0 Å². The van der Waals surface area contributed by atoms with E-state index in [1.165, 1.54) is 22.5 Å². The van der Waals surface area contributed by atoms with Crippen LogP contribution in [0, 0.1) is 0 Å². The molecule has 1 fully saturated rings. The van der Waals surface area contributed by atoms with Crippen molar-refractivity contribution in [1.82, 2.24) is 14.8 Å². The van der Waals surface area contributed by atoms with Crippen LogP contribution in [-0.2, 0) is 24.2 Å². The first kappa shape index (κ1) is 18.2. The van der Waals surface area contributed by atoms with Crippen LogP contribution in [0.5, 0.6) is 0 Å². The van der Waals surface area contributed by atoms with E-state index >= 15 is 0 Å². The van der Waals surface area contributed by atoms with Gasteiger partial charge in [0.25, 0.3) is 0 Å². The van der Waals surface area contributed by atoms with Crippen LogP contribution in [-0.4, -0.2) is 41.1 Å². The molecule has 3 aromatic rings. The minimum atomic E-state index is 0.521. The number of nitrogens with one attached hydrogen (secondary N) is 1. The Morgan fingerprint density at radius 1 is 1.07 bits per heavy atom. The van der Waals surface area contributed by atoms with E-state index < -0.39 is 0 Å². The van der Waals surface area contributed by atoms with Crippen molar-refractivity contribution in [3.05, 3.63) is 71.8 Å². The summed E-state index contributed by atoms with van der Waals surface area (Å²) >= 11 is 0. The van der Waals surface area contributed by atoms with E-state index in [0.29, 0.717) is 5.92 Å². The fourth-order valence-electron chi connectivity index (χ4n) is 4.28. The van der Waals surface area contributed by atoms with Gasteiger partial charge in [-0.05, 0) is 41.8 Å². The lowest BCUT2D eigenvalue weighted by molar-refractivity contribution is 0.122. The second kappa shape index (κ2) is 8.25. The molecule has 150 valence electrons. The summed E-state index contributed by atoms with van der Waals surface area (Å²) in [6.45, 7) is 5.38. The van der Waals surface area contributed by atoms with Crippen LogP contribution in [0.1, 0.15) is 29.3 Å². The molecule has 0 aliphatic carbocycles. The van der Waals surface area contributed by atoms with Gasteiger partial charge in [-0.3, -0.25) is 0 Å². The Morgan fingerprint density at radius 2 is 1.93 bits per heavy atom. The van der Waals surface area contributed by atoms with Crippen LogP contribution < -0.4 is 10.2 Å². The molecule has 0 amide bonds.